The van der Waals surface area contributed by atoms with E-state index in [9.17, 15) is 9.59 Å². The van der Waals surface area contributed by atoms with Crippen LogP contribution in [-0.2, 0) is 14.4 Å². The molecule has 0 heterocycles. The molecule has 1 aromatic carbocycles. The molecule has 0 saturated heterocycles. The second-order valence-corrected chi connectivity index (χ2v) is 4.32. The van der Waals surface area contributed by atoms with Gasteiger partial charge in [-0.1, -0.05) is 21.1 Å². The van der Waals surface area contributed by atoms with Crippen molar-refractivity contribution >= 4 is 33.4 Å². The molecule has 0 unspecified atom stereocenters. The van der Waals surface area contributed by atoms with Crippen LogP contribution >= 0.6 is 15.9 Å². The molecule has 0 fully saturated rings. The number of carboxylic acid groups (broad SMARTS) is 1. The van der Waals surface area contributed by atoms with Crippen LogP contribution < -0.4 is 0 Å². The predicted molar refractivity (Wildman–Crippen MR) is 71.4 cm³/mol. The second-order valence-electron chi connectivity index (χ2n) is 3.41. The summed E-state index contributed by atoms with van der Waals surface area (Å²) in [5.74, 6) is -2.15. The summed E-state index contributed by atoms with van der Waals surface area (Å²) in [5, 5.41) is 12.3. The third-order valence-electron chi connectivity index (χ3n) is 2.06. The van der Waals surface area contributed by atoms with E-state index in [1.807, 2.05) is 0 Å². The monoisotopic (exact) mass is 329 g/mol. The molecule has 19 heavy (non-hydrogen) atoms. The number of nitrogens with zero attached hydrogens (tertiary/aromatic N) is 1. The molecule has 0 aliphatic rings. The Kier molecular flexibility index (Phi) is 6.17. The van der Waals surface area contributed by atoms with Crippen LogP contribution in [0.4, 0.5) is 0 Å². The molecule has 0 aliphatic carbocycles. The number of Topliss-reactive ketones (excluding diaryl/α,β-unsaturated/α-hetero) is 1. The van der Waals surface area contributed by atoms with E-state index in [1.165, 1.54) is 19.2 Å². The summed E-state index contributed by atoms with van der Waals surface area (Å²) < 4.78 is 5.50. The molecule has 0 atom stereocenters. The Labute approximate surface area is 118 Å². The van der Waals surface area contributed by atoms with Crippen molar-refractivity contribution < 1.29 is 24.3 Å². The van der Waals surface area contributed by atoms with Gasteiger partial charge in [0.25, 0.3) is 0 Å². The number of ether oxygens (including phenoxy) is 1. The highest BCUT2D eigenvalue weighted by molar-refractivity contribution is 9.10. The zero-order valence-electron chi connectivity index (χ0n) is 10.1. The Hall–Kier alpha value is -1.73. The molecular weight excluding hydrogens is 318 g/mol. The average Bonchev–Trinajstić information content (AvgIpc) is 2.38. The highest BCUT2D eigenvalue weighted by Gasteiger charge is 2.22. The highest BCUT2D eigenvalue weighted by Crippen LogP contribution is 2.11. The van der Waals surface area contributed by atoms with Crippen LogP contribution in [0.15, 0.2) is 33.9 Å². The second kappa shape index (κ2) is 7.65. The van der Waals surface area contributed by atoms with Crippen LogP contribution in [-0.4, -0.2) is 42.9 Å². The average molecular weight is 330 g/mol. The van der Waals surface area contributed by atoms with Gasteiger partial charge in [0.05, 0.1) is 6.61 Å². The summed E-state index contributed by atoms with van der Waals surface area (Å²) in [5.41, 5.74) is -0.446. The summed E-state index contributed by atoms with van der Waals surface area (Å²) in [6, 6.07) is 6.27. The first-order chi connectivity index (χ1) is 9.06. The molecule has 0 spiro atoms. The number of methoxy groups -OCH3 is 1. The first-order valence-corrected chi connectivity index (χ1v) is 6.08. The third-order valence-corrected chi connectivity index (χ3v) is 2.59. The SMILES string of the molecule is COCCO/N=C(/C(=O)O)C(=O)c1ccc(Br)cc1. The molecule has 0 aliphatic heterocycles. The molecule has 6 nitrogen and oxygen atoms in total. The van der Waals surface area contributed by atoms with Gasteiger partial charge >= 0.3 is 5.97 Å². The minimum atomic E-state index is -1.44. The van der Waals surface area contributed by atoms with Crippen molar-refractivity contribution in [3.63, 3.8) is 0 Å². The van der Waals surface area contributed by atoms with Crippen LogP contribution in [0.5, 0.6) is 0 Å². The number of benzene rings is 1. The number of hydrogen-bond acceptors (Lipinski definition) is 5. The summed E-state index contributed by atoms with van der Waals surface area (Å²) in [4.78, 5) is 27.6. The Morgan fingerprint density at radius 2 is 1.89 bits per heavy atom. The molecule has 1 N–H and O–H groups in total. The summed E-state index contributed by atoms with van der Waals surface area (Å²) in [6.45, 7) is 0.323. The standard InChI is InChI=1S/C12H12BrNO5/c1-18-6-7-19-14-10(12(16)17)11(15)8-2-4-9(13)5-3-8/h2-5H,6-7H2,1H3,(H,16,17)/b14-10+. The fourth-order valence-electron chi connectivity index (χ4n) is 1.15. The Morgan fingerprint density at radius 3 is 2.42 bits per heavy atom. The molecule has 102 valence electrons. The number of aliphatic carboxylic acids is 1. The molecule has 1 aromatic rings. The number of ketones is 1. The quantitative estimate of drug-likeness (QED) is 0.271. The van der Waals surface area contributed by atoms with Crippen LogP contribution in [0.3, 0.4) is 0 Å². The van der Waals surface area contributed by atoms with Crippen LogP contribution in [0.25, 0.3) is 0 Å². The zero-order valence-corrected chi connectivity index (χ0v) is 11.7. The molecule has 0 radical (unpaired) electrons. The van der Waals surface area contributed by atoms with E-state index in [0.717, 1.165) is 4.47 Å². The van der Waals surface area contributed by atoms with E-state index >= 15 is 0 Å². The lowest BCUT2D eigenvalue weighted by Crippen LogP contribution is -2.24. The van der Waals surface area contributed by atoms with E-state index < -0.39 is 17.5 Å². The molecule has 0 aromatic heterocycles. The molecule has 0 amide bonds. The first kappa shape index (κ1) is 15.3. The van der Waals surface area contributed by atoms with Crippen molar-refractivity contribution in [1.82, 2.24) is 0 Å². The van der Waals surface area contributed by atoms with Gasteiger partial charge in [0.1, 0.15) is 6.61 Å². The summed E-state index contributed by atoms with van der Waals surface area (Å²) in [7, 11) is 1.47. The van der Waals surface area contributed by atoms with Crippen molar-refractivity contribution in [2.75, 3.05) is 20.3 Å². The number of halogens is 1. The minimum absolute atomic E-state index is 0.0703. The maximum Gasteiger partial charge on any atom is 0.362 e. The van der Waals surface area contributed by atoms with Crippen LogP contribution in [0.1, 0.15) is 10.4 Å². The normalized spacial score (nSPS) is 11.2. The van der Waals surface area contributed by atoms with Gasteiger partial charge in [-0.25, -0.2) is 4.79 Å². The Balaban J connectivity index is 2.84. The number of rotatable bonds is 7. The molecular formula is C12H12BrNO5. The molecule has 0 saturated carbocycles. The lowest BCUT2D eigenvalue weighted by molar-refractivity contribution is -0.129. The Morgan fingerprint density at radius 1 is 1.26 bits per heavy atom. The van der Waals surface area contributed by atoms with Crippen molar-refractivity contribution in [3.8, 4) is 0 Å². The predicted octanol–water partition coefficient (Wildman–Crippen LogP) is 1.74. The van der Waals surface area contributed by atoms with Gasteiger partial charge in [-0.3, -0.25) is 4.79 Å². The number of carboxylic acids is 1. The first-order valence-electron chi connectivity index (χ1n) is 5.28. The van der Waals surface area contributed by atoms with Gasteiger partial charge in [-0.05, 0) is 24.3 Å². The van der Waals surface area contributed by atoms with E-state index in [-0.39, 0.29) is 18.8 Å². The van der Waals surface area contributed by atoms with Gasteiger partial charge in [0, 0.05) is 17.1 Å². The number of hydrogen-bond donors (Lipinski definition) is 1. The van der Waals surface area contributed by atoms with Gasteiger partial charge in [0.2, 0.25) is 11.5 Å². The van der Waals surface area contributed by atoms with Crippen molar-refractivity contribution in [2.24, 2.45) is 5.16 Å². The number of carbonyl (C=O) groups excluding carboxylic acids is 1. The maximum atomic E-state index is 11.9. The van der Waals surface area contributed by atoms with Gasteiger partial charge in [-0.15, -0.1) is 0 Å². The number of oxime groups is 1. The van der Waals surface area contributed by atoms with E-state index in [1.54, 1.807) is 12.1 Å². The van der Waals surface area contributed by atoms with Crippen LogP contribution in [0, 0.1) is 0 Å². The van der Waals surface area contributed by atoms with Gasteiger partial charge < -0.3 is 14.7 Å². The molecule has 1 rings (SSSR count). The summed E-state index contributed by atoms with van der Waals surface area (Å²) >= 11 is 3.22. The van der Waals surface area contributed by atoms with E-state index in [0.29, 0.717) is 0 Å². The smallest absolute Gasteiger partial charge is 0.362 e. The zero-order chi connectivity index (χ0) is 14.3. The van der Waals surface area contributed by atoms with E-state index in [4.69, 9.17) is 14.7 Å². The largest absolute Gasteiger partial charge is 0.476 e. The van der Waals surface area contributed by atoms with Crippen molar-refractivity contribution in [3.05, 3.63) is 34.3 Å². The minimum Gasteiger partial charge on any atom is -0.476 e. The fraction of sp³-hybridized carbons (Fsp3) is 0.250. The highest BCUT2D eigenvalue weighted by atomic mass is 79.9. The fourth-order valence-corrected chi connectivity index (χ4v) is 1.41. The van der Waals surface area contributed by atoms with Crippen molar-refractivity contribution in [2.45, 2.75) is 0 Å². The summed E-state index contributed by atoms with van der Waals surface area (Å²) in [6.07, 6.45) is 0. The van der Waals surface area contributed by atoms with Gasteiger partial charge in [0.15, 0.2) is 0 Å². The lowest BCUT2D eigenvalue weighted by Gasteiger charge is -2.02. The number of carbonyl (C=O) groups is 2. The van der Waals surface area contributed by atoms with Gasteiger partial charge in [-0.2, -0.15) is 0 Å². The third kappa shape index (κ3) is 4.80. The lowest BCUT2D eigenvalue weighted by atomic mass is 10.1. The topological polar surface area (TPSA) is 85.2 Å². The maximum absolute atomic E-state index is 11.9. The Bertz CT molecular complexity index is 483. The van der Waals surface area contributed by atoms with Crippen molar-refractivity contribution in [1.29, 1.82) is 0 Å². The molecule has 0 bridgehead atoms. The molecule has 7 heteroatoms. The van der Waals surface area contributed by atoms with Crippen LogP contribution in [0.2, 0.25) is 0 Å². The van der Waals surface area contributed by atoms with E-state index in [2.05, 4.69) is 21.1 Å².